The van der Waals surface area contributed by atoms with Crippen LogP contribution in [0.3, 0.4) is 0 Å². The number of nitrogens with one attached hydrogen (secondary N) is 1. The molecule has 3 heterocycles. The molecule has 0 spiro atoms. The van der Waals surface area contributed by atoms with Gasteiger partial charge in [0.25, 0.3) is 0 Å². The number of nitrogens with zero attached hydrogens (tertiary/aromatic N) is 1. The lowest BCUT2D eigenvalue weighted by Crippen LogP contribution is -2.50. The zero-order chi connectivity index (χ0) is 15.0. The standard InChI is InChI=1S/C14H22N2O3S2/c1-10-7-14(11(2)20-10)21(17,18)15-12-8-19-9-13(12)16-5-3-4-6-16/h7,12-13,15H,3-6,8-9H2,1-2H3/t12-,13-/m0/s1. The molecule has 1 aromatic heterocycles. The molecule has 3 rings (SSSR count). The van der Waals surface area contributed by atoms with Crippen molar-refractivity contribution in [2.75, 3.05) is 26.3 Å². The van der Waals surface area contributed by atoms with Gasteiger partial charge in [0, 0.05) is 9.75 Å². The Hall–Kier alpha value is -0.470. The van der Waals surface area contributed by atoms with Crippen LogP contribution in [0.5, 0.6) is 0 Å². The Morgan fingerprint density at radius 2 is 2.00 bits per heavy atom. The lowest BCUT2D eigenvalue weighted by Gasteiger charge is -2.27. The molecule has 21 heavy (non-hydrogen) atoms. The summed E-state index contributed by atoms with van der Waals surface area (Å²) >= 11 is 1.52. The second-order valence-corrected chi connectivity index (χ2v) is 9.00. The van der Waals surface area contributed by atoms with Crippen molar-refractivity contribution >= 4 is 21.4 Å². The molecule has 5 nitrogen and oxygen atoms in total. The third-order valence-corrected chi connectivity index (χ3v) is 6.96. The van der Waals surface area contributed by atoms with Gasteiger partial charge < -0.3 is 4.74 Å². The van der Waals surface area contributed by atoms with Gasteiger partial charge in [0.1, 0.15) is 0 Å². The third-order valence-electron chi connectivity index (χ3n) is 4.25. The van der Waals surface area contributed by atoms with E-state index in [0.29, 0.717) is 18.1 Å². The van der Waals surface area contributed by atoms with Crippen LogP contribution in [0, 0.1) is 13.8 Å². The van der Waals surface area contributed by atoms with E-state index >= 15 is 0 Å². The van der Waals surface area contributed by atoms with E-state index < -0.39 is 10.0 Å². The topological polar surface area (TPSA) is 58.6 Å². The number of sulfonamides is 1. The van der Waals surface area contributed by atoms with E-state index in [1.807, 2.05) is 13.8 Å². The van der Waals surface area contributed by atoms with Gasteiger partial charge in [-0.2, -0.15) is 0 Å². The normalized spacial score (nSPS) is 27.5. The highest BCUT2D eigenvalue weighted by molar-refractivity contribution is 7.89. The van der Waals surface area contributed by atoms with Crippen LogP contribution in [0.25, 0.3) is 0 Å². The van der Waals surface area contributed by atoms with Crippen molar-refractivity contribution in [3.8, 4) is 0 Å². The van der Waals surface area contributed by atoms with E-state index in [-0.39, 0.29) is 12.1 Å². The third kappa shape index (κ3) is 3.17. The summed E-state index contributed by atoms with van der Waals surface area (Å²) in [7, 11) is -3.46. The first-order valence-corrected chi connectivity index (χ1v) is 9.68. The van der Waals surface area contributed by atoms with E-state index in [0.717, 1.165) is 22.8 Å². The zero-order valence-corrected chi connectivity index (χ0v) is 14.1. The predicted molar refractivity (Wildman–Crippen MR) is 83.3 cm³/mol. The highest BCUT2D eigenvalue weighted by Crippen LogP contribution is 2.26. The first-order valence-electron chi connectivity index (χ1n) is 7.38. The number of likely N-dealkylation sites (tertiary alicyclic amines) is 1. The van der Waals surface area contributed by atoms with Crippen molar-refractivity contribution in [3.63, 3.8) is 0 Å². The predicted octanol–water partition coefficient (Wildman–Crippen LogP) is 1.51. The summed E-state index contributed by atoms with van der Waals surface area (Å²) in [5.41, 5.74) is 0. The first kappa shape index (κ1) is 15.4. The summed E-state index contributed by atoms with van der Waals surface area (Å²) in [5, 5.41) is 0. The lowest BCUT2D eigenvalue weighted by atomic mass is 10.1. The second-order valence-electron chi connectivity index (χ2n) is 5.85. The van der Waals surface area contributed by atoms with E-state index in [2.05, 4.69) is 9.62 Å². The van der Waals surface area contributed by atoms with Gasteiger partial charge in [0.2, 0.25) is 10.0 Å². The van der Waals surface area contributed by atoms with Gasteiger partial charge in [0.15, 0.2) is 0 Å². The molecule has 1 N–H and O–H groups in total. The fourth-order valence-electron chi connectivity index (χ4n) is 3.23. The number of aryl methyl sites for hydroxylation is 2. The number of hydrogen-bond donors (Lipinski definition) is 1. The average molecular weight is 330 g/mol. The van der Waals surface area contributed by atoms with Crippen LogP contribution in [-0.4, -0.2) is 51.7 Å². The fourth-order valence-corrected chi connectivity index (χ4v) is 6.03. The maximum absolute atomic E-state index is 12.6. The molecule has 0 radical (unpaired) electrons. The number of rotatable bonds is 4. The van der Waals surface area contributed by atoms with Gasteiger partial charge in [-0.3, -0.25) is 4.90 Å². The van der Waals surface area contributed by atoms with Gasteiger partial charge in [-0.1, -0.05) is 0 Å². The Morgan fingerprint density at radius 3 is 2.62 bits per heavy atom. The molecule has 0 aromatic carbocycles. The molecule has 2 aliphatic rings. The monoisotopic (exact) mass is 330 g/mol. The second kappa shape index (κ2) is 5.96. The maximum Gasteiger partial charge on any atom is 0.242 e. The number of thiophene rings is 1. The van der Waals surface area contributed by atoms with Crippen LogP contribution >= 0.6 is 11.3 Å². The van der Waals surface area contributed by atoms with E-state index in [1.165, 1.54) is 24.2 Å². The minimum atomic E-state index is -3.46. The van der Waals surface area contributed by atoms with Crippen LogP contribution in [0.4, 0.5) is 0 Å². The van der Waals surface area contributed by atoms with Crippen molar-refractivity contribution in [2.45, 2.75) is 43.7 Å². The van der Waals surface area contributed by atoms with Gasteiger partial charge >= 0.3 is 0 Å². The molecule has 0 unspecified atom stereocenters. The Kier molecular flexibility index (Phi) is 4.38. The van der Waals surface area contributed by atoms with Crippen LogP contribution in [-0.2, 0) is 14.8 Å². The molecule has 0 bridgehead atoms. The quantitative estimate of drug-likeness (QED) is 0.909. The molecule has 0 saturated carbocycles. The van der Waals surface area contributed by atoms with E-state index in [9.17, 15) is 8.42 Å². The highest BCUT2D eigenvalue weighted by Gasteiger charge is 2.37. The van der Waals surface area contributed by atoms with Gasteiger partial charge in [-0.15, -0.1) is 11.3 Å². The molecule has 2 saturated heterocycles. The van der Waals surface area contributed by atoms with Crippen LogP contribution in [0.2, 0.25) is 0 Å². The Morgan fingerprint density at radius 1 is 1.29 bits per heavy atom. The minimum absolute atomic E-state index is 0.146. The van der Waals surface area contributed by atoms with Crippen molar-refractivity contribution < 1.29 is 13.2 Å². The zero-order valence-electron chi connectivity index (χ0n) is 12.5. The minimum Gasteiger partial charge on any atom is -0.378 e. The number of ether oxygens (including phenoxy) is 1. The summed E-state index contributed by atoms with van der Waals surface area (Å²) in [6, 6.07) is 1.78. The first-order chi connectivity index (χ1) is 9.97. The van der Waals surface area contributed by atoms with Crippen molar-refractivity contribution in [1.82, 2.24) is 9.62 Å². The molecule has 2 fully saturated rings. The smallest absolute Gasteiger partial charge is 0.242 e. The molecule has 0 aliphatic carbocycles. The summed E-state index contributed by atoms with van der Waals surface area (Å²) < 4.78 is 33.6. The largest absolute Gasteiger partial charge is 0.378 e. The summed E-state index contributed by atoms with van der Waals surface area (Å²) in [5.74, 6) is 0. The van der Waals surface area contributed by atoms with Crippen LogP contribution < -0.4 is 4.72 Å². The SMILES string of the molecule is Cc1cc(S(=O)(=O)N[C@H]2COC[C@@H]2N2CCCC2)c(C)s1. The van der Waals surface area contributed by atoms with Crippen LogP contribution in [0.15, 0.2) is 11.0 Å². The van der Waals surface area contributed by atoms with E-state index in [1.54, 1.807) is 6.07 Å². The van der Waals surface area contributed by atoms with Gasteiger partial charge in [0.05, 0.1) is 30.2 Å². The molecular weight excluding hydrogens is 308 g/mol. The van der Waals surface area contributed by atoms with Crippen molar-refractivity contribution in [2.24, 2.45) is 0 Å². The molecular formula is C14H22N2O3S2. The molecule has 1 aromatic rings. The molecule has 0 amide bonds. The number of hydrogen-bond acceptors (Lipinski definition) is 5. The summed E-state index contributed by atoms with van der Waals surface area (Å²) in [4.78, 5) is 4.63. The molecule has 7 heteroatoms. The Labute approximate surface area is 130 Å². The summed E-state index contributed by atoms with van der Waals surface area (Å²) in [6.07, 6.45) is 2.39. The van der Waals surface area contributed by atoms with E-state index in [4.69, 9.17) is 4.74 Å². The molecule has 2 aliphatic heterocycles. The Balaban J connectivity index is 1.76. The maximum atomic E-state index is 12.6. The average Bonchev–Trinajstić information content (AvgIpc) is 3.09. The highest BCUT2D eigenvalue weighted by atomic mass is 32.2. The fraction of sp³-hybridized carbons (Fsp3) is 0.714. The Bertz CT molecular complexity index is 606. The van der Waals surface area contributed by atoms with Gasteiger partial charge in [-0.05, 0) is 45.8 Å². The molecule has 118 valence electrons. The molecule has 2 atom stereocenters. The lowest BCUT2D eigenvalue weighted by molar-refractivity contribution is 0.159. The van der Waals surface area contributed by atoms with Crippen molar-refractivity contribution in [3.05, 3.63) is 15.8 Å². The van der Waals surface area contributed by atoms with Crippen LogP contribution in [0.1, 0.15) is 22.6 Å². The van der Waals surface area contributed by atoms with Crippen molar-refractivity contribution in [1.29, 1.82) is 0 Å². The van der Waals surface area contributed by atoms with Gasteiger partial charge in [-0.25, -0.2) is 13.1 Å². The summed E-state index contributed by atoms with van der Waals surface area (Å²) in [6.45, 7) is 6.96.